The van der Waals surface area contributed by atoms with E-state index in [1.165, 1.54) is 23.3 Å². The molecule has 16 heavy (non-hydrogen) atoms. The van der Waals surface area contributed by atoms with Gasteiger partial charge in [0.15, 0.2) is 7.86 Å². The van der Waals surface area contributed by atoms with Gasteiger partial charge in [-0.2, -0.15) is 0 Å². The molecular formula is C10H14OS5. The summed E-state index contributed by atoms with van der Waals surface area (Å²) in [6, 6.07) is 0. The normalized spacial score (nSPS) is 38.1. The number of thioether (sulfide) groups is 5. The first-order chi connectivity index (χ1) is 7.63. The summed E-state index contributed by atoms with van der Waals surface area (Å²) >= 11 is 9.64. The molecule has 2 rings (SSSR count). The second-order valence-corrected chi connectivity index (χ2v) is 11.7. The number of rotatable bonds is 3. The van der Waals surface area contributed by atoms with Crippen LogP contribution in [0.1, 0.15) is 6.92 Å². The molecule has 2 aliphatic heterocycles. The fraction of sp³-hybridized carbons (Fsp3) is 0.700. The minimum atomic E-state index is 0.238. The van der Waals surface area contributed by atoms with E-state index in [-0.39, 0.29) is 5.12 Å². The molecule has 2 aliphatic rings. The topological polar surface area (TPSA) is 17.1 Å². The Morgan fingerprint density at radius 2 is 2.25 bits per heavy atom. The molecule has 2 heterocycles. The maximum Gasteiger partial charge on any atom is 0.185 e. The molecule has 3 unspecified atom stereocenters. The summed E-state index contributed by atoms with van der Waals surface area (Å²) in [5.74, 6) is 3.32. The molecule has 0 aromatic heterocycles. The Balaban J connectivity index is 1.83. The van der Waals surface area contributed by atoms with E-state index in [0.717, 1.165) is 5.75 Å². The lowest BCUT2D eigenvalue weighted by atomic mass is 10.5. The van der Waals surface area contributed by atoms with Crippen molar-refractivity contribution in [3.8, 4) is 0 Å². The van der Waals surface area contributed by atoms with Crippen LogP contribution in [0.2, 0.25) is 0 Å². The Labute approximate surface area is 118 Å². The number of hydrogen-bond acceptors (Lipinski definition) is 6. The van der Waals surface area contributed by atoms with Crippen molar-refractivity contribution in [3.63, 3.8) is 0 Å². The molecule has 1 nitrogen and oxygen atoms in total. The maximum absolute atomic E-state index is 10.9. The lowest BCUT2D eigenvalue weighted by Gasteiger charge is -2.19. The van der Waals surface area contributed by atoms with Gasteiger partial charge >= 0.3 is 0 Å². The zero-order valence-electron chi connectivity index (χ0n) is 9.01. The molecule has 2 fully saturated rings. The molecule has 6 heteroatoms. The highest BCUT2D eigenvalue weighted by atomic mass is 32.3. The van der Waals surface area contributed by atoms with Gasteiger partial charge in [-0.25, -0.2) is 0 Å². The standard InChI is InChI=1S/C10H14OS5/c1-3-8-5-13-10(15-8)14-6-9(16-10)4-12-7(2)11/h3,8-9H,1,4-6H2,2H3. The van der Waals surface area contributed by atoms with Crippen LogP contribution in [-0.2, 0) is 4.79 Å². The largest absolute Gasteiger partial charge is 0.288 e. The van der Waals surface area contributed by atoms with Gasteiger partial charge in [-0.1, -0.05) is 17.8 Å². The van der Waals surface area contributed by atoms with E-state index in [2.05, 4.69) is 12.7 Å². The Hall–Kier alpha value is 1.16. The van der Waals surface area contributed by atoms with Crippen molar-refractivity contribution in [2.75, 3.05) is 17.3 Å². The lowest BCUT2D eigenvalue weighted by molar-refractivity contribution is -0.109. The third kappa shape index (κ3) is 3.34. The minimum absolute atomic E-state index is 0.238. The van der Waals surface area contributed by atoms with Gasteiger partial charge in [0.25, 0.3) is 0 Å². The van der Waals surface area contributed by atoms with Gasteiger partial charge in [0.05, 0.1) is 0 Å². The molecule has 0 saturated carbocycles. The van der Waals surface area contributed by atoms with Crippen molar-refractivity contribution < 1.29 is 4.79 Å². The summed E-state index contributed by atoms with van der Waals surface area (Å²) in [6.07, 6.45) is 2.06. The van der Waals surface area contributed by atoms with E-state index in [0.29, 0.717) is 13.2 Å². The van der Waals surface area contributed by atoms with Crippen LogP contribution >= 0.6 is 58.8 Å². The highest BCUT2D eigenvalue weighted by Gasteiger charge is 2.47. The van der Waals surface area contributed by atoms with E-state index in [1.807, 2.05) is 47.0 Å². The van der Waals surface area contributed by atoms with Crippen LogP contribution in [0.4, 0.5) is 0 Å². The number of carbonyl (C=O) groups excluding carboxylic acids is 1. The van der Waals surface area contributed by atoms with Crippen molar-refractivity contribution in [3.05, 3.63) is 12.7 Å². The van der Waals surface area contributed by atoms with Crippen molar-refractivity contribution in [1.29, 1.82) is 0 Å². The Morgan fingerprint density at radius 1 is 1.50 bits per heavy atom. The Bertz CT molecular complexity index is 295. The Kier molecular flexibility index (Phi) is 4.98. The molecule has 2 saturated heterocycles. The summed E-state index contributed by atoms with van der Waals surface area (Å²) in [4.78, 5) is 10.9. The molecule has 0 aromatic carbocycles. The SMILES string of the molecule is C=CC1CSC2(SCC(CSC(C)=O)S2)S1. The maximum atomic E-state index is 10.9. The summed E-state index contributed by atoms with van der Waals surface area (Å²) < 4.78 is 0.293. The van der Waals surface area contributed by atoms with E-state index >= 15 is 0 Å². The third-order valence-corrected chi connectivity index (χ3v) is 11.4. The predicted octanol–water partition coefficient (Wildman–Crippen LogP) is 3.76. The van der Waals surface area contributed by atoms with Gasteiger partial charge in [-0.05, 0) is 0 Å². The average molecular weight is 311 g/mol. The van der Waals surface area contributed by atoms with E-state index in [9.17, 15) is 4.79 Å². The molecule has 1 spiro atoms. The molecule has 0 aliphatic carbocycles. The van der Waals surface area contributed by atoms with Crippen LogP contribution in [0.3, 0.4) is 0 Å². The lowest BCUT2D eigenvalue weighted by Crippen LogP contribution is -2.08. The van der Waals surface area contributed by atoms with E-state index in [1.54, 1.807) is 6.92 Å². The fourth-order valence-corrected chi connectivity index (χ4v) is 10.7. The van der Waals surface area contributed by atoms with Crippen LogP contribution in [0.25, 0.3) is 0 Å². The van der Waals surface area contributed by atoms with Crippen LogP contribution in [-0.4, -0.2) is 35.6 Å². The van der Waals surface area contributed by atoms with Gasteiger partial charge in [0.1, 0.15) is 0 Å². The zero-order chi connectivity index (χ0) is 11.6. The van der Waals surface area contributed by atoms with Gasteiger partial charge in [0, 0.05) is 34.7 Å². The summed E-state index contributed by atoms with van der Waals surface area (Å²) in [7, 11) is 0. The van der Waals surface area contributed by atoms with Gasteiger partial charge in [-0.3, -0.25) is 4.79 Å². The molecule has 0 N–H and O–H groups in total. The zero-order valence-corrected chi connectivity index (χ0v) is 13.1. The summed E-state index contributed by atoms with van der Waals surface area (Å²) in [5.41, 5.74) is 0. The van der Waals surface area contributed by atoms with Crippen LogP contribution in [0.5, 0.6) is 0 Å². The molecule has 0 aromatic rings. The number of carbonyl (C=O) groups is 1. The van der Waals surface area contributed by atoms with Crippen LogP contribution < -0.4 is 0 Å². The van der Waals surface area contributed by atoms with Crippen molar-refractivity contribution in [1.82, 2.24) is 0 Å². The minimum Gasteiger partial charge on any atom is -0.288 e. The average Bonchev–Trinajstić information content (AvgIpc) is 2.84. The van der Waals surface area contributed by atoms with Gasteiger partial charge < -0.3 is 0 Å². The smallest absolute Gasteiger partial charge is 0.185 e. The molecule has 0 bridgehead atoms. The van der Waals surface area contributed by atoms with Crippen LogP contribution in [0, 0.1) is 0 Å². The molecule has 90 valence electrons. The van der Waals surface area contributed by atoms with E-state index in [4.69, 9.17) is 0 Å². The monoisotopic (exact) mass is 310 g/mol. The second-order valence-electron chi connectivity index (χ2n) is 3.56. The highest BCUT2D eigenvalue weighted by Crippen LogP contribution is 2.67. The fourth-order valence-electron chi connectivity index (χ4n) is 1.45. The Morgan fingerprint density at radius 3 is 2.88 bits per heavy atom. The quantitative estimate of drug-likeness (QED) is 0.733. The molecule has 0 amide bonds. The van der Waals surface area contributed by atoms with Crippen molar-refractivity contribution >= 4 is 63.9 Å². The summed E-state index contributed by atoms with van der Waals surface area (Å²) in [6.45, 7) is 5.53. The highest BCUT2D eigenvalue weighted by molar-refractivity contribution is 8.50. The second kappa shape index (κ2) is 5.87. The van der Waals surface area contributed by atoms with Crippen molar-refractivity contribution in [2.24, 2.45) is 0 Å². The predicted molar refractivity (Wildman–Crippen MR) is 83.7 cm³/mol. The first-order valence-electron chi connectivity index (χ1n) is 5.03. The molecule has 3 atom stereocenters. The van der Waals surface area contributed by atoms with Gasteiger partial charge in [0.2, 0.25) is 0 Å². The molecular weight excluding hydrogens is 296 g/mol. The third-order valence-electron chi connectivity index (χ3n) is 2.21. The number of hydrogen-bond donors (Lipinski definition) is 0. The van der Waals surface area contributed by atoms with Crippen LogP contribution in [0.15, 0.2) is 12.7 Å². The van der Waals surface area contributed by atoms with Gasteiger partial charge in [-0.15, -0.1) is 53.6 Å². The first-order valence-corrected chi connectivity index (χ1v) is 9.74. The first kappa shape index (κ1) is 13.6. The summed E-state index contributed by atoms with van der Waals surface area (Å²) in [5, 5.41) is 1.47. The molecule has 0 radical (unpaired) electrons. The van der Waals surface area contributed by atoms with E-state index < -0.39 is 0 Å². The van der Waals surface area contributed by atoms with Crippen molar-refractivity contribution in [2.45, 2.75) is 20.2 Å².